The summed E-state index contributed by atoms with van der Waals surface area (Å²) in [6.45, 7) is 0. The lowest BCUT2D eigenvalue weighted by molar-refractivity contribution is 0.513. The first-order valence-corrected chi connectivity index (χ1v) is 5.94. The SMILES string of the molecule is Fc1ccccc1-c1nnc(Cc2ccccc2)o1. The van der Waals surface area contributed by atoms with Gasteiger partial charge in [0.2, 0.25) is 5.89 Å². The van der Waals surface area contributed by atoms with Crippen molar-refractivity contribution < 1.29 is 8.81 Å². The predicted octanol–water partition coefficient (Wildman–Crippen LogP) is 3.47. The van der Waals surface area contributed by atoms with E-state index in [-0.39, 0.29) is 11.7 Å². The molecule has 3 rings (SSSR count). The largest absolute Gasteiger partial charge is 0.420 e. The maximum Gasteiger partial charge on any atom is 0.250 e. The molecule has 0 amide bonds. The molecule has 0 aliphatic rings. The summed E-state index contributed by atoms with van der Waals surface area (Å²) < 4.78 is 19.1. The molecule has 3 aromatic rings. The zero-order chi connectivity index (χ0) is 13.1. The molecule has 2 aromatic carbocycles. The van der Waals surface area contributed by atoms with Crippen LogP contribution in [-0.4, -0.2) is 10.2 Å². The molecule has 0 fully saturated rings. The van der Waals surface area contributed by atoms with Gasteiger partial charge < -0.3 is 4.42 Å². The van der Waals surface area contributed by atoms with Crippen LogP contribution < -0.4 is 0 Å². The second kappa shape index (κ2) is 5.02. The summed E-state index contributed by atoms with van der Waals surface area (Å²) in [5.74, 6) is 0.325. The van der Waals surface area contributed by atoms with Crippen molar-refractivity contribution >= 4 is 0 Å². The molecular formula is C15H11FN2O. The van der Waals surface area contributed by atoms with Gasteiger partial charge in [-0.1, -0.05) is 42.5 Å². The first-order chi connectivity index (χ1) is 9.33. The molecule has 0 spiro atoms. The van der Waals surface area contributed by atoms with E-state index in [9.17, 15) is 4.39 Å². The van der Waals surface area contributed by atoms with Crippen LogP contribution >= 0.6 is 0 Å². The topological polar surface area (TPSA) is 38.9 Å². The second-order valence-corrected chi connectivity index (χ2v) is 4.14. The molecule has 0 aliphatic heterocycles. The third kappa shape index (κ3) is 2.52. The van der Waals surface area contributed by atoms with Crippen molar-refractivity contribution in [3.8, 4) is 11.5 Å². The third-order valence-electron chi connectivity index (χ3n) is 2.77. The lowest BCUT2D eigenvalue weighted by atomic mass is 10.1. The highest BCUT2D eigenvalue weighted by molar-refractivity contribution is 5.53. The maximum absolute atomic E-state index is 13.6. The first kappa shape index (κ1) is 11.6. The van der Waals surface area contributed by atoms with Gasteiger partial charge in [0.05, 0.1) is 12.0 Å². The molecule has 1 heterocycles. The Balaban J connectivity index is 1.86. The summed E-state index contributed by atoms with van der Waals surface area (Å²) in [6.07, 6.45) is 0.544. The van der Waals surface area contributed by atoms with E-state index in [2.05, 4.69) is 10.2 Å². The number of rotatable bonds is 3. The van der Waals surface area contributed by atoms with Gasteiger partial charge in [-0.2, -0.15) is 0 Å². The van der Waals surface area contributed by atoms with Gasteiger partial charge in [-0.3, -0.25) is 0 Å². The summed E-state index contributed by atoms with van der Waals surface area (Å²) in [6, 6.07) is 16.2. The Hall–Kier alpha value is -2.49. The molecule has 0 saturated carbocycles. The second-order valence-electron chi connectivity index (χ2n) is 4.14. The van der Waals surface area contributed by atoms with Gasteiger partial charge in [0, 0.05) is 0 Å². The molecule has 1 aromatic heterocycles. The molecule has 0 aliphatic carbocycles. The van der Waals surface area contributed by atoms with Crippen molar-refractivity contribution in [3.63, 3.8) is 0 Å². The number of benzene rings is 2. The summed E-state index contributed by atoms with van der Waals surface area (Å²) >= 11 is 0. The molecule has 0 saturated heterocycles. The average Bonchev–Trinajstić information content (AvgIpc) is 2.89. The molecule has 0 unspecified atom stereocenters. The minimum Gasteiger partial charge on any atom is -0.420 e. The zero-order valence-electron chi connectivity index (χ0n) is 10.1. The van der Waals surface area contributed by atoms with E-state index in [0.717, 1.165) is 5.56 Å². The van der Waals surface area contributed by atoms with Crippen LogP contribution in [0.5, 0.6) is 0 Å². The third-order valence-corrected chi connectivity index (χ3v) is 2.77. The Bertz CT molecular complexity index is 679. The van der Waals surface area contributed by atoms with E-state index in [4.69, 9.17) is 4.42 Å². The molecule has 94 valence electrons. The molecule has 3 nitrogen and oxygen atoms in total. The van der Waals surface area contributed by atoms with Crippen LogP contribution in [0.4, 0.5) is 4.39 Å². The highest BCUT2D eigenvalue weighted by atomic mass is 19.1. The van der Waals surface area contributed by atoms with Crippen LogP contribution in [0.15, 0.2) is 59.0 Å². The lowest BCUT2D eigenvalue weighted by Crippen LogP contribution is -1.87. The van der Waals surface area contributed by atoms with Crippen LogP contribution in [0.2, 0.25) is 0 Å². The Morgan fingerprint density at radius 2 is 1.63 bits per heavy atom. The van der Waals surface area contributed by atoms with Crippen molar-refractivity contribution in [2.45, 2.75) is 6.42 Å². The number of aromatic nitrogens is 2. The molecule has 0 atom stereocenters. The fourth-order valence-electron chi connectivity index (χ4n) is 1.84. The van der Waals surface area contributed by atoms with Crippen LogP contribution in [-0.2, 0) is 6.42 Å². The van der Waals surface area contributed by atoms with Crippen LogP contribution in [0, 0.1) is 5.82 Å². The Morgan fingerprint density at radius 3 is 2.42 bits per heavy atom. The van der Waals surface area contributed by atoms with Crippen molar-refractivity contribution in [2.24, 2.45) is 0 Å². The van der Waals surface area contributed by atoms with Gasteiger partial charge in [0.25, 0.3) is 5.89 Å². The Labute approximate surface area is 109 Å². The molecular weight excluding hydrogens is 243 g/mol. The minimum atomic E-state index is -0.364. The summed E-state index contributed by atoms with van der Waals surface area (Å²) in [5, 5.41) is 7.83. The van der Waals surface area contributed by atoms with Crippen LogP contribution in [0.25, 0.3) is 11.5 Å². The van der Waals surface area contributed by atoms with Gasteiger partial charge in [-0.15, -0.1) is 10.2 Å². The Morgan fingerprint density at radius 1 is 0.895 bits per heavy atom. The average molecular weight is 254 g/mol. The smallest absolute Gasteiger partial charge is 0.250 e. The zero-order valence-corrected chi connectivity index (χ0v) is 10.1. The van der Waals surface area contributed by atoms with Gasteiger partial charge in [-0.25, -0.2) is 4.39 Å². The fraction of sp³-hybridized carbons (Fsp3) is 0.0667. The lowest BCUT2D eigenvalue weighted by Gasteiger charge is -1.96. The van der Waals surface area contributed by atoms with Gasteiger partial charge in [0.1, 0.15) is 5.82 Å². The van der Waals surface area contributed by atoms with E-state index in [1.165, 1.54) is 6.07 Å². The summed E-state index contributed by atoms with van der Waals surface area (Å²) in [7, 11) is 0. The monoisotopic (exact) mass is 254 g/mol. The van der Waals surface area contributed by atoms with E-state index < -0.39 is 0 Å². The number of nitrogens with zero attached hydrogens (tertiary/aromatic N) is 2. The molecule has 4 heteroatoms. The van der Waals surface area contributed by atoms with Crippen molar-refractivity contribution in [2.75, 3.05) is 0 Å². The highest BCUT2D eigenvalue weighted by Crippen LogP contribution is 2.21. The normalized spacial score (nSPS) is 10.6. The van der Waals surface area contributed by atoms with Crippen molar-refractivity contribution in [1.29, 1.82) is 0 Å². The molecule has 0 N–H and O–H groups in total. The van der Waals surface area contributed by atoms with Crippen LogP contribution in [0.3, 0.4) is 0 Å². The van der Waals surface area contributed by atoms with Crippen LogP contribution in [0.1, 0.15) is 11.5 Å². The summed E-state index contributed by atoms with van der Waals surface area (Å²) in [4.78, 5) is 0. The van der Waals surface area contributed by atoms with Gasteiger partial charge in [-0.05, 0) is 17.7 Å². The van der Waals surface area contributed by atoms with E-state index in [1.807, 2.05) is 30.3 Å². The van der Waals surface area contributed by atoms with E-state index in [1.54, 1.807) is 18.2 Å². The molecule has 0 bridgehead atoms. The molecule has 19 heavy (non-hydrogen) atoms. The Kier molecular flexibility index (Phi) is 3.06. The highest BCUT2D eigenvalue weighted by Gasteiger charge is 2.12. The maximum atomic E-state index is 13.6. The van der Waals surface area contributed by atoms with E-state index in [0.29, 0.717) is 17.9 Å². The quantitative estimate of drug-likeness (QED) is 0.718. The standard InChI is InChI=1S/C15H11FN2O/c16-13-9-5-4-8-12(13)15-18-17-14(19-15)10-11-6-2-1-3-7-11/h1-9H,10H2. The minimum absolute atomic E-state index is 0.212. The fourth-order valence-corrected chi connectivity index (χ4v) is 1.84. The van der Waals surface area contributed by atoms with Crippen molar-refractivity contribution in [3.05, 3.63) is 71.9 Å². The van der Waals surface area contributed by atoms with Crippen molar-refractivity contribution in [1.82, 2.24) is 10.2 Å². The number of hydrogen-bond acceptors (Lipinski definition) is 3. The van der Waals surface area contributed by atoms with Gasteiger partial charge in [0.15, 0.2) is 0 Å². The predicted molar refractivity (Wildman–Crippen MR) is 68.9 cm³/mol. The van der Waals surface area contributed by atoms with E-state index >= 15 is 0 Å². The summed E-state index contributed by atoms with van der Waals surface area (Å²) in [5.41, 5.74) is 1.40. The molecule has 0 radical (unpaired) electrons. The first-order valence-electron chi connectivity index (χ1n) is 5.94. The van der Waals surface area contributed by atoms with Gasteiger partial charge >= 0.3 is 0 Å². The number of hydrogen-bond donors (Lipinski definition) is 0. The number of halogens is 1.